The average Bonchev–Trinajstić information content (AvgIpc) is 2.46. The summed E-state index contributed by atoms with van der Waals surface area (Å²) in [6.45, 7) is 2.04. The average molecular weight is 331 g/mol. The predicted molar refractivity (Wildman–Crippen MR) is 83.6 cm³/mol. The molecule has 20 heavy (non-hydrogen) atoms. The zero-order valence-corrected chi connectivity index (χ0v) is 12.7. The highest BCUT2D eigenvalue weighted by molar-refractivity contribution is 9.10. The summed E-state index contributed by atoms with van der Waals surface area (Å²) in [5, 5.41) is 22.5. The highest BCUT2D eigenvalue weighted by Gasteiger charge is 2.14. The number of hydrogen-bond donors (Lipinski definition) is 2. The number of rotatable bonds is 4. The van der Waals surface area contributed by atoms with E-state index < -0.39 is 0 Å². The van der Waals surface area contributed by atoms with E-state index in [1.54, 1.807) is 18.2 Å². The summed E-state index contributed by atoms with van der Waals surface area (Å²) in [6, 6.07) is 14.9. The Morgan fingerprint density at radius 3 is 2.70 bits per heavy atom. The van der Waals surface area contributed by atoms with Crippen molar-refractivity contribution in [1.82, 2.24) is 0 Å². The Kier molecular flexibility index (Phi) is 4.65. The number of anilines is 1. The van der Waals surface area contributed by atoms with Crippen LogP contribution < -0.4 is 5.32 Å². The molecule has 0 fully saturated rings. The van der Waals surface area contributed by atoms with Gasteiger partial charge in [0, 0.05) is 10.0 Å². The van der Waals surface area contributed by atoms with Gasteiger partial charge in [-0.1, -0.05) is 41.1 Å². The molecule has 0 bridgehead atoms. The fourth-order valence-corrected chi connectivity index (χ4v) is 2.46. The maximum Gasteiger partial charge on any atom is 0.120 e. The van der Waals surface area contributed by atoms with E-state index in [9.17, 15) is 5.11 Å². The van der Waals surface area contributed by atoms with Crippen LogP contribution in [-0.4, -0.2) is 5.11 Å². The zero-order valence-electron chi connectivity index (χ0n) is 11.1. The van der Waals surface area contributed by atoms with Gasteiger partial charge in [0.25, 0.3) is 0 Å². The first-order chi connectivity index (χ1) is 9.65. The van der Waals surface area contributed by atoms with Gasteiger partial charge in [-0.15, -0.1) is 0 Å². The Balaban J connectivity index is 2.34. The van der Waals surface area contributed by atoms with Gasteiger partial charge in [-0.3, -0.25) is 0 Å². The van der Waals surface area contributed by atoms with E-state index in [4.69, 9.17) is 5.26 Å². The van der Waals surface area contributed by atoms with Gasteiger partial charge < -0.3 is 10.4 Å². The van der Waals surface area contributed by atoms with Gasteiger partial charge >= 0.3 is 0 Å². The van der Waals surface area contributed by atoms with Crippen molar-refractivity contribution in [2.24, 2.45) is 0 Å². The molecule has 102 valence electrons. The molecule has 2 aromatic carbocycles. The molecule has 2 aromatic rings. The minimum absolute atomic E-state index is 0.0439. The minimum Gasteiger partial charge on any atom is -0.508 e. The molecular formula is C16H15BrN2O. The van der Waals surface area contributed by atoms with Crippen LogP contribution in [0.2, 0.25) is 0 Å². The molecule has 0 aromatic heterocycles. The van der Waals surface area contributed by atoms with Crippen molar-refractivity contribution in [3.63, 3.8) is 0 Å². The molecular weight excluding hydrogens is 316 g/mol. The van der Waals surface area contributed by atoms with Crippen molar-refractivity contribution in [3.8, 4) is 11.8 Å². The summed E-state index contributed by atoms with van der Waals surface area (Å²) in [7, 11) is 0. The Labute approximate surface area is 127 Å². The lowest BCUT2D eigenvalue weighted by Gasteiger charge is -2.20. The van der Waals surface area contributed by atoms with Crippen LogP contribution >= 0.6 is 15.9 Å². The zero-order chi connectivity index (χ0) is 14.5. The smallest absolute Gasteiger partial charge is 0.120 e. The fourth-order valence-electron chi connectivity index (χ4n) is 2.10. The summed E-state index contributed by atoms with van der Waals surface area (Å²) in [5.41, 5.74) is 2.18. The van der Waals surface area contributed by atoms with Gasteiger partial charge in [0.15, 0.2) is 0 Å². The van der Waals surface area contributed by atoms with E-state index in [1.807, 2.05) is 31.2 Å². The van der Waals surface area contributed by atoms with E-state index >= 15 is 0 Å². The van der Waals surface area contributed by atoms with Crippen LogP contribution in [0.25, 0.3) is 0 Å². The van der Waals surface area contributed by atoms with E-state index in [1.165, 1.54) is 0 Å². The second-order valence-corrected chi connectivity index (χ2v) is 5.38. The summed E-state index contributed by atoms with van der Waals surface area (Å²) in [5.74, 6) is 0.264. The summed E-state index contributed by atoms with van der Waals surface area (Å²) >= 11 is 3.41. The fraction of sp³-hybridized carbons (Fsp3) is 0.188. The molecule has 0 amide bonds. The molecule has 0 aliphatic heterocycles. The number of nitrogens with zero attached hydrogens (tertiary/aromatic N) is 1. The van der Waals surface area contributed by atoms with Gasteiger partial charge in [-0.2, -0.15) is 5.26 Å². The summed E-state index contributed by atoms with van der Waals surface area (Å²) < 4.78 is 0.908. The second kappa shape index (κ2) is 6.44. The van der Waals surface area contributed by atoms with E-state index in [2.05, 4.69) is 27.3 Å². The normalized spacial score (nSPS) is 11.7. The van der Waals surface area contributed by atoms with Crippen LogP contribution in [0.15, 0.2) is 46.9 Å². The van der Waals surface area contributed by atoms with Crippen molar-refractivity contribution in [2.75, 3.05) is 5.32 Å². The second-order valence-electron chi connectivity index (χ2n) is 4.47. The number of aromatic hydroxyl groups is 1. The standard InChI is InChI=1S/C16H15BrN2O/c1-2-14(13-5-3-4-6-16(13)20)19-15-9-12(17)8-7-11(15)10-18/h3-9,14,19-20H,2H2,1H3. The Hall–Kier alpha value is -1.99. The number of benzene rings is 2. The van der Waals surface area contributed by atoms with Crippen molar-refractivity contribution in [2.45, 2.75) is 19.4 Å². The number of halogens is 1. The number of para-hydroxylation sites is 1. The maximum atomic E-state index is 9.96. The van der Waals surface area contributed by atoms with Gasteiger partial charge in [0.05, 0.1) is 17.3 Å². The van der Waals surface area contributed by atoms with Crippen LogP contribution in [0.1, 0.15) is 30.5 Å². The third-order valence-corrected chi connectivity index (χ3v) is 3.65. The van der Waals surface area contributed by atoms with E-state index in [-0.39, 0.29) is 11.8 Å². The monoisotopic (exact) mass is 330 g/mol. The predicted octanol–water partition coefficient (Wildman–Crippen LogP) is 4.59. The first-order valence-electron chi connectivity index (χ1n) is 6.39. The molecule has 2 rings (SSSR count). The molecule has 3 nitrogen and oxygen atoms in total. The van der Waals surface area contributed by atoms with Crippen molar-refractivity contribution >= 4 is 21.6 Å². The molecule has 0 heterocycles. The van der Waals surface area contributed by atoms with Crippen LogP contribution in [0.5, 0.6) is 5.75 Å². The largest absolute Gasteiger partial charge is 0.508 e. The highest BCUT2D eigenvalue weighted by Crippen LogP contribution is 2.31. The van der Waals surface area contributed by atoms with Crippen molar-refractivity contribution < 1.29 is 5.11 Å². The topological polar surface area (TPSA) is 56.0 Å². The Morgan fingerprint density at radius 2 is 2.05 bits per heavy atom. The van der Waals surface area contributed by atoms with Gasteiger partial charge in [-0.25, -0.2) is 0 Å². The number of nitriles is 1. The quantitative estimate of drug-likeness (QED) is 0.861. The Bertz CT molecular complexity index is 649. The maximum absolute atomic E-state index is 9.96. The molecule has 4 heteroatoms. The Morgan fingerprint density at radius 1 is 1.30 bits per heavy atom. The molecule has 0 radical (unpaired) electrons. The minimum atomic E-state index is -0.0439. The van der Waals surface area contributed by atoms with Crippen LogP contribution in [-0.2, 0) is 0 Å². The van der Waals surface area contributed by atoms with Crippen molar-refractivity contribution in [1.29, 1.82) is 5.26 Å². The summed E-state index contributed by atoms with van der Waals surface area (Å²) in [6.07, 6.45) is 0.801. The van der Waals surface area contributed by atoms with Crippen LogP contribution in [0, 0.1) is 11.3 Å². The van der Waals surface area contributed by atoms with Gasteiger partial charge in [0.1, 0.15) is 11.8 Å². The number of hydrogen-bond acceptors (Lipinski definition) is 3. The molecule has 0 saturated carbocycles. The molecule has 0 aliphatic carbocycles. The summed E-state index contributed by atoms with van der Waals surface area (Å²) in [4.78, 5) is 0. The molecule has 1 unspecified atom stereocenters. The lowest BCUT2D eigenvalue weighted by molar-refractivity contribution is 0.463. The third-order valence-electron chi connectivity index (χ3n) is 3.15. The van der Waals surface area contributed by atoms with Crippen LogP contribution in [0.3, 0.4) is 0 Å². The first kappa shape index (κ1) is 14.4. The molecule has 0 spiro atoms. The molecule has 2 N–H and O–H groups in total. The van der Waals surface area contributed by atoms with Crippen molar-refractivity contribution in [3.05, 3.63) is 58.1 Å². The van der Waals surface area contributed by atoms with Crippen LogP contribution in [0.4, 0.5) is 5.69 Å². The van der Waals surface area contributed by atoms with E-state index in [0.717, 1.165) is 22.1 Å². The SMILES string of the molecule is CCC(Nc1cc(Br)ccc1C#N)c1ccccc1O. The lowest BCUT2D eigenvalue weighted by atomic mass is 10.0. The molecule has 1 atom stereocenters. The number of phenols is 1. The first-order valence-corrected chi connectivity index (χ1v) is 7.19. The van der Waals surface area contributed by atoms with Gasteiger partial charge in [0.2, 0.25) is 0 Å². The number of phenolic OH excluding ortho intramolecular Hbond substituents is 1. The highest BCUT2D eigenvalue weighted by atomic mass is 79.9. The number of nitrogens with one attached hydrogen (secondary N) is 1. The van der Waals surface area contributed by atoms with E-state index in [0.29, 0.717) is 5.56 Å². The third kappa shape index (κ3) is 3.12. The lowest BCUT2D eigenvalue weighted by Crippen LogP contribution is -2.11. The molecule has 0 aliphatic rings. The van der Waals surface area contributed by atoms with Gasteiger partial charge in [-0.05, 0) is 30.7 Å². The molecule has 0 saturated heterocycles.